The summed E-state index contributed by atoms with van der Waals surface area (Å²) in [7, 11) is 0. The maximum absolute atomic E-state index is 13.5. The lowest BCUT2D eigenvalue weighted by Crippen LogP contribution is -3.08. The molecule has 3 rings (SSSR count). The van der Waals surface area contributed by atoms with E-state index in [1.54, 1.807) is 11.0 Å². The van der Waals surface area contributed by atoms with Crippen LogP contribution < -0.4 is 15.5 Å². The lowest BCUT2D eigenvalue weighted by Gasteiger charge is -2.12. The zero-order valence-electron chi connectivity index (χ0n) is 15.3. The van der Waals surface area contributed by atoms with Gasteiger partial charge >= 0.3 is 0 Å². The number of likely N-dealkylation sites (tertiary alicyclic amines) is 1. The molecule has 2 aromatic rings. The Morgan fingerprint density at radius 1 is 0.926 bits per heavy atom. The van der Waals surface area contributed by atoms with Crippen molar-refractivity contribution in [2.45, 2.75) is 25.9 Å². The molecule has 142 valence electrons. The predicted molar refractivity (Wildman–Crippen MR) is 101 cm³/mol. The predicted octanol–water partition coefficient (Wildman–Crippen LogP) is 1.05. The summed E-state index contributed by atoms with van der Waals surface area (Å²) in [5.74, 6) is -1.52. The summed E-state index contributed by atoms with van der Waals surface area (Å²) >= 11 is 0. The molecule has 0 aromatic heterocycles. The van der Waals surface area contributed by atoms with E-state index in [4.69, 9.17) is 0 Å². The number of rotatable bonds is 7. The van der Waals surface area contributed by atoms with Crippen LogP contribution in [0.5, 0.6) is 0 Å². The first kappa shape index (κ1) is 19.0. The molecule has 2 aromatic carbocycles. The summed E-state index contributed by atoms with van der Waals surface area (Å²) in [4.78, 5) is 25.4. The second kappa shape index (κ2) is 9.28. The highest BCUT2D eigenvalue weighted by Crippen LogP contribution is 2.06. The minimum absolute atomic E-state index is 0.0685. The molecule has 0 spiro atoms. The highest BCUT2D eigenvalue weighted by atomic mass is 19.1. The van der Waals surface area contributed by atoms with Crippen LogP contribution >= 0.6 is 0 Å². The molecule has 0 unspecified atom stereocenters. The summed E-state index contributed by atoms with van der Waals surface area (Å²) in [5, 5.41) is 5.19. The van der Waals surface area contributed by atoms with Crippen molar-refractivity contribution in [3.8, 4) is 0 Å². The Morgan fingerprint density at radius 2 is 1.59 bits per heavy atom. The minimum Gasteiger partial charge on any atom is -0.350 e. The molecule has 1 aliphatic rings. The Balaban J connectivity index is 1.41. The van der Waals surface area contributed by atoms with E-state index in [0.717, 1.165) is 12.1 Å². The van der Waals surface area contributed by atoms with Crippen LogP contribution in [0.25, 0.3) is 0 Å². The van der Waals surface area contributed by atoms with Gasteiger partial charge in [0.2, 0.25) is 5.91 Å². The van der Waals surface area contributed by atoms with Crippen LogP contribution in [0.1, 0.15) is 34.3 Å². The van der Waals surface area contributed by atoms with Crippen molar-refractivity contribution in [1.82, 2.24) is 10.6 Å². The van der Waals surface area contributed by atoms with Crippen molar-refractivity contribution in [2.24, 2.45) is 0 Å². The van der Waals surface area contributed by atoms with E-state index in [9.17, 15) is 14.0 Å². The average Bonchev–Trinajstić information content (AvgIpc) is 3.19. The molecule has 1 aliphatic heterocycles. The summed E-state index contributed by atoms with van der Waals surface area (Å²) in [6.45, 7) is 3.75. The van der Waals surface area contributed by atoms with Gasteiger partial charge in [-0.05, 0) is 17.7 Å². The lowest BCUT2D eigenvalue weighted by molar-refractivity contribution is -0.901. The van der Waals surface area contributed by atoms with E-state index in [-0.39, 0.29) is 18.0 Å². The molecule has 0 radical (unpaired) electrons. The Hall–Kier alpha value is -2.73. The molecule has 5 nitrogen and oxygen atoms in total. The van der Waals surface area contributed by atoms with Gasteiger partial charge in [-0.25, -0.2) is 4.39 Å². The van der Waals surface area contributed by atoms with Gasteiger partial charge in [-0.2, -0.15) is 0 Å². The fraction of sp³-hybridized carbons (Fsp3) is 0.333. The summed E-state index contributed by atoms with van der Waals surface area (Å²) in [6, 6.07) is 13.9. The smallest absolute Gasteiger partial charge is 0.254 e. The Bertz CT molecular complexity index is 786. The number of benzene rings is 2. The summed E-state index contributed by atoms with van der Waals surface area (Å²) in [5.41, 5.74) is 2.24. The van der Waals surface area contributed by atoms with Crippen LogP contribution in [0, 0.1) is 5.82 Å². The summed E-state index contributed by atoms with van der Waals surface area (Å²) in [6.07, 6.45) is 2.62. The van der Waals surface area contributed by atoms with Gasteiger partial charge < -0.3 is 15.5 Å². The van der Waals surface area contributed by atoms with Gasteiger partial charge in [0.25, 0.3) is 5.91 Å². The van der Waals surface area contributed by atoms with Crippen molar-refractivity contribution in [1.29, 1.82) is 0 Å². The van der Waals surface area contributed by atoms with Crippen molar-refractivity contribution in [3.63, 3.8) is 0 Å². The van der Waals surface area contributed by atoms with Gasteiger partial charge in [0.15, 0.2) is 0 Å². The molecule has 0 aliphatic carbocycles. The lowest BCUT2D eigenvalue weighted by atomic mass is 10.1. The zero-order chi connectivity index (χ0) is 19.1. The first-order valence-electron chi connectivity index (χ1n) is 9.32. The van der Waals surface area contributed by atoms with E-state index >= 15 is 0 Å². The quantitative estimate of drug-likeness (QED) is 0.682. The molecule has 0 bridgehead atoms. The van der Waals surface area contributed by atoms with Gasteiger partial charge in [-0.3, -0.25) is 9.59 Å². The third kappa shape index (κ3) is 5.62. The van der Waals surface area contributed by atoms with E-state index in [2.05, 4.69) is 22.8 Å². The molecule has 1 heterocycles. The number of hydrogen-bond donors (Lipinski definition) is 3. The van der Waals surface area contributed by atoms with E-state index in [0.29, 0.717) is 6.54 Å². The SMILES string of the molecule is O=C(CNC(=O)c1ccccc1F)NCc1ccc(C[NH+]2CCCC2)cc1. The molecule has 6 heteroatoms. The van der Waals surface area contributed by atoms with Crippen molar-refractivity contribution >= 4 is 11.8 Å². The largest absolute Gasteiger partial charge is 0.350 e. The number of quaternary nitrogens is 1. The van der Waals surface area contributed by atoms with Crippen LogP contribution in [-0.4, -0.2) is 31.4 Å². The summed E-state index contributed by atoms with van der Waals surface area (Å²) < 4.78 is 13.5. The van der Waals surface area contributed by atoms with Gasteiger partial charge in [-0.15, -0.1) is 0 Å². The fourth-order valence-electron chi connectivity index (χ4n) is 3.28. The standard InChI is InChI=1S/C21H24FN3O2/c22-19-6-2-1-5-18(19)21(27)24-14-20(26)23-13-16-7-9-17(10-8-16)15-25-11-3-4-12-25/h1-2,5-10H,3-4,11-15H2,(H,23,26)(H,24,27)/p+1. The second-order valence-corrected chi connectivity index (χ2v) is 6.89. The third-order valence-electron chi connectivity index (χ3n) is 4.81. The van der Waals surface area contributed by atoms with Crippen molar-refractivity contribution in [3.05, 3.63) is 71.0 Å². The number of nitrogens with one attached hydrogen (secondary N) is 3. The van der Waals surface area contributed by atoms with E-state index < -0.39 is 11.7 Å². The van der Waals surface area contributed by atoms with Crippen molar-refractivity contribution < 1.29 is 18.9 Å². The first-order chi connectivity index (χ1) is 13.1. The van der Waals surface area contributed by atoms with Gasteiger partial charge in [0.1, 0.15) is 12.4 Å². The topological polar surface area (TPSA) is 62.6 Å². The van der Waals surface area contributed by atoms with Crippen LogP contribution in [-0.2, 0) is 17.9 Å². The van der Waals surface area contributed by atoms with Crippen molar-refractivity contribution in [2.75, 3.05) is 19.6 Å². The van der Waals surface area contributed by atoms with Crippen LogP contribution in [0.2, 0.25) is 0 Å². The van der Waals surface area contributed by atoms with Gasteiger partial charge in [-0.1, -0.05) is 36.4 Å². The molecular formula is C21H25FN3O2+. The first-order valence-corrected chi connectivity index (χ1v) is 9.32. The Kier molecular flexibility index (Phi) is 6.54. The molecule has 0 saturated carbocycles. The highest BCUT2D eigenvalue weighted by Gasteiger charge is 2.15. The van der Waals surface area contributed by atoms with Gasteiger partial charge in [0.05, 0.1) is 25.2 Å². The maximum atomic E-state index is 13.5. The van der Waals surface area contributed by atoms with Crippen LogP contribution in [0.15, 0.2) is 48.5 Å². The number of carbonyl (C=O) groups excluding carboxylic acids is 2. The molecule has 2 amide bonds. The Morgan fingerprint density at radius 3 is 2.30 bits per heavy atom. The number of carbonyl (C=O) groups is 2. The molecule has 1 saturated heterocycles. The monoisotopic (exact) mass is 370 g/mol. The highest BCUT2D eigenvalue weighted by molar-refractivity contribution is 5.96. The molecule has 0 atom stereocenters. The zero-order valence-corrected chi connectivity index (χ0v) is 15.3. The number of hydrogen-bond acceptors (Lipinski definition) is 2. The maximum Gasteiger partial charge on any atom is 0.254 e. The number of halogens is 1. The molecule has 27 heavy (non-hydrogen) atoms. The van der Waals surface area contributed by atoms with Crippen LogP contribution in [0.3, 0.4) is 0 Å². The third-order valence-corrected chi connectivity index (χ3v) is 4.81. The molecular weight excluding hydrogens is 345 g/mol. The molecule has 3 N–H and O–H groups in total. The van der Waals surface area contributed by atoms with Gasteiger partial charge in [0, 0.05) is 24.9 Å². The Labute approximate surface area is 158 Å². The second-order valence-electron chi connectivity index (χ2n) is 6.89. The fourth-order valence-corrected chi connectivity index (χ4v) is 3.28. The minimum atomic E-state index is -0.605. The van der Waals surface area contributed by atoms with Crippen LogP contribution in [0.4, 0.5) is 4.39 Å². The molecule has 1 fully saturated rings. The van der Waals surface area contributed by atoms with E-state index in [1.807, 2.05) is 12.1 Å². The van der Waals surface area contributed by atoms with E-state index in [1.165, 1.54) is 49.7 Å². The normalized spacial score (nSPS) is 14.1. The average molecular weight is 370 g/mol. The number of amides is 2.